The predicted molar refractivity (Wildman–Crippen MR) is 137 cm³/mol. The molecular formula is C25H24ClF3N2O4S2. The second-order valence-corrected chi connectivity index (χ2v) is 11.7. The van der Waals surface area contributed by atoms with Gasteiger partial charge in [-0.2, -0.15) is 13.2 Å². The molecule has 37 heavy (non-hydrogen) atoms. The van der Waals surface area contributed by atoms with Gasteiger partial charge in [-0.15, -0.1) is 0 Å². The number of nitrogens with one attached hydrogen (secondary N) is 1. The van der Waals surface area contributed by atoms with Crippen LogP contribution in [0.25, 0.3) is 0 Å². The van der Waals surface area contributed by atoms with Crippen LogP contribution in [0.1, 0.15) is 12.0 Å². The number of alkyl halides is 3. The van der Waals surface area contributed by atoms with Crippen molar-refractivity contribution in [3.63, 3.8) is 0 Å². The smallest absolute Gasteiger partial charge is 0.419 e. The molecule has 1 fully saturated rings. The lowest BCUT2D eigenvalue weighted by Gasteiger charge is -2.19. The Balaban J connectivity index is 1.55. The summed E-state index contributed by atoms with van der Waals surface area (Å²) in [4.78, 5) is 3.29. The Morgan fingerprint density at radius 3 is 2.54 bits per heavy atom. The Hall–Kier alpha value is -2.60. The van der Waals surface area contributed by atoms with Crippen LogP contribution in [-0.2, 0) is 16.2 Å². The molecule has 198 valence electrons. The molecular weight excluding hydrogens is 549 g/mol. The van der Waals surface area contributed by atoms with E-state index in [9.17, 15) is 21.6 Å². The molecule has 1 saturated heterocycles. The third-order valence-electron chi connectivity index (χ3n) is 5.66. The molecule has 6 nitrogen and oxygen atoms in total. The van der Waals surface area contributed by atoms with Crippen LogP contribution >= 0.6 is 23.4 Å². The minimum Gasteiger partial charge on any atom is -0.497 e. The minimum absolute atomic E-state index is 0.0553. The highest BCUT2D eigenvalue weighted by molar-refractivity contribution is 7.99. The van der Waals surface area contributed by atoms with Crippen LogP contribution < -0.4 is 14.2 Å². The topological polar surface area (TPSA) is 67.9 Å². The quantitative estimate of drug-likeness (QED) is 0.337. The third-order valence-corrected chi connectivity index (χ3v) is 8.53. The van der Waals surface area contributed by atoms with Crippen molar-refractivity contribution in [2.45, 2.75) is 33.4 Å². The van der Waals surface area contributed by atoms with E-state index in [0.29, 0.717) is 30.2 Å². The summed E-state index contributed by atoms with van der Waals surface area (Å²) in [6.07, 6.45) is -4.50. The number of ether oxygens (including phenoxy) is 2. The molecule has 0 radical (unpaired) electrons. The van der Waals surface area contributed by atoms with Gasteiger partial charge in [0.1, 0.15) is 17.6 Å². The fourth-order valence-corrected chi connectivity index (χ4v) is 6.13. The molecule has 4 rings (SSSR count). The molecule has 0 unspecified atom stereocenters. The summed E-state index contributed by atoms with van der Waals surface area (Å²) in [5.74, 6) is 0.250. The number of rotatable bonds is 8. The van der Waals surface area contributed by atoms with Crippen LogP contribution in [-0.4, -0.2) is 46.7 Å². The summed E-state index contributed by atoms with van der Waals surface area (Å²) in [6.45, 7) is 1.18. The number of likely N-dealkylation sites (N-methyl/N-ethyl adjacent to an activating group) is 1. The molecule has 1 heterocycles. The number of halogens is 4. The molecule has 1 aliphatic rings. The van der Waals surface area contributed by atoms with Crippen molar-refractivity contribution in [2.24, 2.45) is 0 Å². The van der Waals surface area contributed by atoms with Crippen LogP contribution in [0.3, 0.4) is 0 Å². The van der Waals surface area contributed by atoms with Crippen molar-refractivity contribution >= 4 is 39.1 Å². The Kier molecular flexibility index (Phi) is 8.17. The lowest BCUT2D eigenvalue weighted by molar-refractivity contribution is -0.139. The molecule has 3 aromatic carbocycles. The maximum Gasteiger partial charge on any atom is 0.419 e. The van der Waals surface area contributed by atoms with Crippen LogP contribution in [0.15, 0.2) is 75.4 Å². The number of likely N-dealkylation sites (tertiary alicyclic amines) is 1. The van der Waals surface area contributed by atoms with E-state index in [4.69, 9.17) is 21.1 Å². The van der Waals surface area contributed by atoms with Crippen molar-refractivity contribution in [3.8, 4) is 11.5 Å². The predicted octanol–water partition coefficient (Wildman–Crippen LogP) is 6.40. The molecule has 12 heteroatoms. The number of benzene rings is 3. The average molecular weight is 573 g/mol. The maximum atomic E-state index is 13.6. The Morgan fingerprint density at radius 2 is 1.89 bits per heavy atom. The van der Waals surface area contributed by atoms with E-state index in [2.05, 4.69) is 4.72 Å². The second kappa shape index (κ2) is 11.0. The van der Waals surface area contributed by atoms with Gasteiger partial charge in [-0.3, -0.25) is 4.72 Å². The maximum absolute atomic E-state index is 13.6. The van der Waals surface area contributed by atoms with E-state index < -0.39 is 33.6 Å². The summed E-state index contributed by atoms with van der Waals surface area (Å²) in [7, 11) is -0.737. The van der Waals surface area contributed by atoms with Crippen molar-refractivity contribution in [1.29, 1.82) is 0 Å². The van der Waals surface area contributed by atoms with Crippen LogP contribution in [0.5, 0.6) is 11.5 Å². The van der Waals surface area contributed by atoms with Gasteiger partial charge in [-0.05, 0) is 62.0 Å². The first-order valence-electron chi connectivity index (χ1n) is 11.2. The van der Waals surface area contributed by atoms with Gasteiger partial charge < -0.3 is 14.4 Å². The number of methoxy groups -OCH3 is 1. The Morgan fingerprint density at radius 1 is 1.11 bits per heavy atom. The molecule has 0 spiro atoms. The molecule has 0 amide bonds. The SMILES string of the molecule is COc1cccc(Sc2ccc(S(=O)(=O)Nc3ccc(C(F)(F)F)c(O[C@@H]4CCN(C)C4)c3)cc2Cl)c1. The van der Waals surface area contributed by atoms with Gasteiger partial charge >= 0.3 is 6.18 Å². The second-order valence-electron chi connectivity index (χ2n) is 8.48. The van der Waals surface area contributed by atoms with Gasteiger partial charge in [0.2, 0.25) is 0 Å². The molecule has 3 aromatic rings. The molecule has 1 atom stereocenters. The first kappa shape index (κ1) is 27.4. The summed E-state index contributed by atoms with van der Waals surface area (Å²) in [6, 6.07) is 14.5. The standard InChI is InChI=1S/C25H24ClF3N2O4S2/c1-31-11-10-18(15-31)35-23-12-16(6-8-21(23)25(27,28)29)30-37(32,33)20-7-9-24(22(26)14-20)36-19-5-3-4-17(13-19)34-2/h3-9,12-14,18,30H,10-11,15H2,1-2H3/t18-/m1/s1. The number of nitrogens with zero attached hydrogens (tertiary/aromatic N) is 1. The van der Waals surface area contributed by atoms with Gasteiger partial charge in [-0.1, -0.05) is 29.4 Å². The zero-order valence-electron chi connectivity index (χ0n) is 19.9. The van der Waals surface area contributed by atoms with Crippen LogP contribution in [0, 0.1) is 0 Å². The summed E-state index contributed by atoms with van der Waals surface area (Å²) in [5, 5.41) is 0.206. The van der Waals surface area contributed by atoms with Crippen molar-refractivity contribution < 1.29 is 31.1 Å². The average Bonchev–Trinajstić information content (AvgIpc) is 3.24. The van der Waals surface area contributed by atoms with Gasteiger partial charge in [0.05, 0.1) is 28.3 Å². The van der Waals surface area contributed by atoms with E-state index >= 15 is 0 Å². The zero-order valence-corrected chi connectivity index (χ0v) is 22.3. The number of sulfonamides is 1. The van der Waals surface area contributed by atoms with Crippen molar-refractivity contribution in [2.75, 3.05) is 32.0 Å². The fourth-order valence-electron chi connectivity index (χ4n) is 3.83. The number of hydrogen-bond donors (Lipinski definition) is 1. The lowest BCUT2D eigenvalue weighted by atomic mass is 10.1. The first-order chi connectivity index (χ1) is 17.4. The first-order valence-corrected chi connectivity index (χ1v) is 13.8. The van der Waals surface area contributed by atoms with Gasteiger partial charge in [-0.25, -0.2) is 8.42 Å². The molecule has 0 aromatic heterocycles. The Bertz CT molecular complexity index is 1390. The molecule has 0 aliphatic carbocycles. The van der Waals surface area contributed by atoms with Gasteiger partial charge in [0.15, 0.2) is 0 Å². The van der Waals surface area contributed by atoms with E-state index in [1.54, 1.807) is 19.2 Å². The van der Waals surface area contributed by atoms with E-state index in [0.717, 1.165) is 23.1 Å². The van der Waals surface area contributed by atoms with E-state index in [1.165, 1.54) is 23.9 Å². The molecule has 1 aliphatic heterocycles. The lowest BCUT2D eigenvalue weighted by Crippen LogP contribution is -2.23. The van der Waals surface area contributed by atoms with Crippen molar-refractivity contribution in [3.05, 3.63) is 71.2 Å². The molecule has 1 N–H and O–H groups in total. The van der Waals surface area contributed by atoms with E-state index in [-0.39, 0.29) is 15.6 Å². The largest absolute Gasteiger partial charge is 0.497 e. The highest BCUT2D eigenvalue weighted by Gasteiger charge is 2.36. The summed E-state index contributed by atoms with van der Waals surface area (Å²) >= 11 is 7.71. The molecule has 0 bridgehead atoms. The third kappa shape index (κ3) is 6.84. The molecule has 0 saturated carbocycles. The Labute approximate surface area is 222 Å². The normalized spacial score (nSPS) is 16.5. The van der Waals surface area contributed by atoms with Crippen LogP contribution in [0.4, 0.5) is 18.9 Å². The van der Waals surface area contributed by atoms with E-state index in [1.807, 2.05) is 30.1 Å². The summed E-state index contributed by atoms with van der Waals surface area (Å²) < 4.78 is 79.9. The fraction of sp³-hybridized carbons (Fsp3) is 0.280. The highest BCUT2D eigenvalue weighted by Crippen LogP contribution is 2.40. The zero-order chi connectivity index (χ0) is 26.8. The monoisotopic (exact) mass is 572 g/mol. The summed E-state index contributed by atoms with van der Waals surface area (Å²) in [5.41, 5.74) is -1.02. The number of hydrogen-bond acceptors (Lipinski definition) is 6. The van der Waals surface area contributed by atoms with Gasteiger partial charge in [0.25, 0.3) is 10.0 Å². The van der Waals surface area contributed by atoms with Crippen molar-refractivity contribution in [1.82, 2.24) is 4.90 Å². The number of anilines is 1. The van der Waals surface area contributed by atoms with Crippen LogP contribution in [0.2, 0.25) is 5.02 Å². The highest BCUT2D eigenvalue weighted by atomic mass is 35.5. The van der Waals surface area contributed by atoms with Gasteiger partial charge in [0, 0.05) is 28.9 Å². The minimum atomic E-state index is -4.65.